The van der Waals surface area contributed by atoms with E-state index in [9.17, 15) is 14.7 Å². The van der Waals surface area contributed by atoms with Crippen molar-refractivity contribution in [3.63, 3.8) is 0 Å². The zero-order valence-electron chi connectivity index (χ0n) is 13.2. The average Bonchev–Trinajstić information content (AvgIpc) is 2.98. The molecule has 1 fully saturated rings. The number of rotatable bonds is 6. The molecule has 1 aliphatic carbocycles. The quantitative estimate of drug-likeness (QED) is 0.843. The highest BCUT2D eigenvalue weighted by Gasteiger charge is 2.30. The Labute approximate surface area is 130 Å². The van der Waals surface area contributed by atoms with E-state index in [2.05, 4.69) is 10.5 Å². The Balaban J connectivity index is 1.93. The minimum atomic E-state index is -0.838. The number of nitrogens with zero attached hydrogens (tertiary/aromatic N) is 1. The van der Waals surface area contributed by atoms with Gasteiger partial charge in [-0.05, 0) is 18.8 Å². The molecular weight excluding hydrogens is 284 g/mol. The average molecular weight is 308 g/mol. The standard InChI is InChI=1S/C16H24N2O4/c1-10(2)14-8-13(18-22-14)15(19)17-9-12(16(20)21)11-6-4-3-5-7-11/h8,10-12H,3-7,9H2,1-2H3,(H,17,19)(H,20,21). The summed E-state index contributed by atoms with van der Waals surface area (Å²) in [6.45, 7) is 4.04. The third kappa shape index (κ3) is 4.08. The van der Waals surface area contributed by atoms with Gasteiger partial charge in [-0.1, -0.05) is 38.3 Å². The lowest BCUT2D eigenvalue weighted by atomic mass is 9.80. The summed E-state index contributed by atoms with van der Waals surface area (Å²) in [5.74, 6) is -0.793. The van der Waals surface area contributed by atoms with E-state index in [1.54, 1.807) is 6.07 Å². The van der Waals surface area contributed by atoms with E-state index < -0.39 is 11.9 Å². The monoisotopic (exact) mass is 308 g/mol. The number of hydrogen-bond acceptors (Lipinski definition) is 4. The van der Waals surface area contributed by atoms with Gasteiger partial charge in [-0.2, -0.15) is 0 Å². The summed E-state index contributed by atoms with van der Waals surface area (Å²) in [6, 6.07) is 1.61. The van der Waals surface area contributed by atoms with Gasteiger partial charge in [0.2, 0.25) is 0 Å². The number of carboxylic acids is 1. The maximum Gasteiger partial charge on any atom is 0.308 e. The van der Waals surface area contributed by atoms with Gasteiger partial charge in [0.25, 0.3) is 5.91 Å². The van der Waals surface area contributed by atoms with Crippen LogP contribution in [-0.4, -0.2) is 28.7 Å². The van der Waals surface area contributed by atoms with Crippen molar-refractivity contribution >= 4 is 11.9 Å². The molecule has 0 radical (unpaired) electrons. The molecule has 1 aliphatic rings. The Morgan fingerprint density at radius 3 is 2.59 bits per heavy atom. The van der Waals surface area contributed by atoms with E-state index in [1.807, 2.05) is 13.8 Å². The SMILES string of the molecule is CC(C)c1cc(C(=O)NCC(C(=O)O)C2CCCCC2)no1. The van der Waals surface area contributed by atoms with Crippen molar-refractivity contribution in [2.24, 2.45) is 11.8 Å². The summed E-state index contributed by atoms with van der Waals surface area (Å²) < 4.78 is 5.09. The van der Waals surface area contributed by atoms with Crippen molar-refractivity contribution in [3.8, 4) is 0 Å². The Bertz CT molecular complexity index is 518. The highest BCUT2D eigenvalue weighted by molar-refractivity contribution is 5.92. The summed E-state index contributed by atoms with van der Waals surface area (Å²) in [7, 11) is 0. The van der Waals surface area contributed by atoms with E-state index in [0.29, 0.717) is 5.76 Å². The fourth-order valence-electron chi connectivity index (χ4n) is 2.95. The van der Waals surface area contributed by atoms with Gasteiger partial charge < -0.3 is 14.9 Å². The van der Waals surface area contributed by atoms with Gasteiger partial charge in [-0.25, -0.2) is 0 Å². The maximum atomic E-state index is 12.1. The van der Waals surface area contributed by atoms with E-state index in [-0.39, 0.29) is 30.0 Å². The number of amides is 1. The Hall–Kier alpha value is -1.85. The number of nitrogens with one attached hydrogen (secondary N) is 1. The van der Waals surface area contributed by atoms with Crippen molar-refractivity contribution < 1.29 is 19.2 Å². The van der Waals surface area contributed by atoms with Crippen molar-refractivity contribution in [1.82, 2.24) is 10.5 Å². The molecular formula is C16H24N2O4. The zero-order chi connectivity index (χ0) is 16.1. The minimum Gasteiger partial charge on any atom is -0.481 e. The first-order chi connectivity index (χ1) is 10.5. The summed E-state index contributed by atoms with van der Waals surface area (Å²) in [6.07, 6.45) is 5.17. The van der Waals surface area contributed by atoms with E-state index >= 15 is 0 Å². The van der Waals surface area contributed by atoms with Gasteiger partial charge in [0.15, 0.2) is 5.69 Å². The highest BCUT2D eigenvalue weighted by atomic mass is 16.5. The fraction of sp³-hybridized carbons (Fsp3) is 0.688. The van der Waals surface area contributed by atoms with Crippen LogP contribution in [0.4, 0.5) is 0 Å². The topological polar surface area (TPSA) is 92.4 Å². The van der Waals surface area contributed by atoms with Crippen LogP contribution in [0.25, 0.3) is 0 Å². The molecule has 1 atom stereocenters. The van der Waals surface area contributed by atoms with Gasteiger partial charge in [0.1, 0.15) is 5.76 Å². The Morgan fingerprint density at radius 2 is 2.05 bits per heavy atom. The van der Waals surface area contributed by atoms with Gasteiger partial charge in [0.05, 0.1) is 5.92 Å². The molecule has 0 saturated heterocycles. The van der Waals surface area contributed by atoms with Crippen LogP contribution < -0.4 is 5.32 Å². The summed E-state index contributed by atoms with van der Waals surface area (Å²) in [4.78, 5) is 23.5. The van der Waals surface area contributed by atoms with Crippen LogP contribution in [0.2, 0.25) is 0 Å². The second kappa shape index (κ2) is 7.42. The lowest BCUT2D eigenvalue weighted by Gasteiger charge is -2.27. The van der Waals surface area contributed by atoms with Crippen LogP contribution in [-0.2, 0) is 4.79 Å². The van der Waals surface area contributed by atoms with Crippen molar-refractivity contribution in [3.05, 3.63) is 17.5 Å². The fourth-order valence-corrected chi connectivity index (χ4v) is 2.95. The van der Waals surface area contributed by atoms with Crippen LogP contribution in [0.5, 0.6) is 0 Å². The number of aromatic nitrogens is 1. The first kappa shape index (κ1) is 16.5. The molecule has 2 rings (SSSR count). The van der Waals surface area contributed by atoms with E-state index in [0.717, 1.165) is 25.7 Å². The molecule has 1 amide bonds. The highest BCUT2D eigenvalue weighted by Crippen LogP contribution is 2.30. The second-order valence-corrected chi connectivity index (χ2v) is 6.32. The molecule has 0 aliphatic heterocycles. The molecule has 122 valence electrons. The lowest BCUT2D eigenvalue weighted by molar-refractivity contribution is -0.143. The van der Waals surface area contributed by atoms with Gasteiger partial charge >= 0.3 is 5.97 Å². The third-order valence-electron chi connectivity index (χ3n) is 4.35. The Morgan fingerprint density at radius 1 is 1.36 bits per heavy atom. The molecule has 22 heavy (non-hydrogen) atoms. The molecule has 0 spiro atoms. The van der Waals surface area contributed by atoms with Crippen LogP contribution in [0, 0.1) is 11.8 Å². The summed E-state index contributed by atoms with van der Waals surface area (Å²) in [5.41, 5.74) is 0.205. The third-order valence-corrected chi connectivity index (χ3v) is 4.35. The van der Waals surface area contributed by atoms with Crippen LogP contribution in [0.15, 0.2) is 10.6 Å². The van der Waals surface area contributed by atoms with E-state index in [4.69, 9.17) is 4.52 Å². The lowest BCUT2D eigenvalue weighted by Crippen LogP contribution is -2.37. The van der Waals surface area contributed by atoms with Crippen LogP contribution in [0.3, 0.4) is 0 Å². The molecule has 1 heterocycles. The normalized spacial score (nSPS) is 17.4. The molecule has 0 bridgehead atoms. The van der Waals surface area contributed by atoms with Crippen molar-refractivity contribution in [1.29, 1.82) is 0 Å². The molecule has 1 aromatic rings. The van der Waals surface area contributed by atoms with Crippen molar-refractivity contribution in [2.45, 2.75) is 51.9 Å². The second-order valence-electron chi connectivity index (χ2n) is 6.32. The minimum absolute atomic E-state index is 0.142. The first-order valence-corrected chi connectivity index (χ1v) is 7.96. The summed E-state index contributed by atoms with van der Waals surface area (Å²) in [5, 5.41) is 15.8. The summed E-state index contributed by atoms with van der Waals surface area (Å²) >= 11 is 0. The Kier molecular flexibility index (Phi) is 5.57. The van der Waals surface area contributed by atoms with Crippen molar-refractivity contribution in [2.75, 3.05) is 6.54 Å². The van der Waals surface area contributed by atoms with Crippen LogP contribution in [0.1, 0.15) is 68.1 Å². The predicted octanol–water partition coefficient (Wildman–Crippen LogP) is 2.81. The number of carboxylic acid groups (broad SMARTS) is 1. The molecule has 1 unspecified atom stereocenters. The largest absolute Gasteiger partial charge is 0.481 e. The predicted molar refractivity (Wildman–Crippen MR) is 80.6 cm³/mol. The number of carbonyl (C=O) groups is 2. The zero-order valence-corrected chi connectivity index (χ0v) is 13.2. The number of aliphatic carboxylic acids is 1. The first-order valence-electron chi connectivity index (χ1n) is 7.96. The van der Waals surface area contributed by atoms with E-state index in [1.165, 1.54) is 6.42 Å². The van der Waals surface area contributed by atoms with Crippen LogP contribution >= 0.6 is 0 Å². The molecule has 6 nitrogen and oxygen atoms in total. The van der Waals surface area contributed by atoms with Gasteiger partial charge in [-0.3, -0.25) is 9.59 Å². The molecule has 1 saturated carbocycles. The number of carbonyl (C=O) groups excluding carboxylic acids is 1. The molecule has 1 aromatic heterocycles. The van der Waals surface area contributed by atoms with Gasteiger partial charge in [-0.15, -0.1) is 0 Å². The van der Waals surface area contributed by atoms with Gasteiger partial charge in [0, 0.05) is 18.5 Å². The maximum absolute atomic E-state index is 12.1. The molecule has 0 aromatic carbocycles. The smallest absolute Gasteiger partial charge is 0.308 e. The number of hydrogen-bond donors (Lipinski definition) is 2. The molecule has 6 heteroatoms. The molecule has 2 N–H and O–H groups in total.